The standard InChI is InChI=1S/C28H30N2O3/c1-20(33-26-17-9-13-22-12-5-6-14-23(22)26)27(31)30-25-16-8-7-15-24(25)28(32)29-19-18-21-10-3-2-4-11-21/h2-4,7-11,13,15-17,20H,5-6,12,14,18-19H2,1H3,(H,29,32)(H,30,31)/t20-/m1/s1. The topological polar surface area (TPSA) is 67.4 Å². The van der Waals surface area contributed by atoms with E-state index in [9.17, 15) is 9.59 Å². The molecule has 0 spiro atoms. The van der Waals surface area contributed by atoms with Crippen LogP contribution in [0.25, 0.3) is 0 Å². The zero-order valence-electron chi connectivity index (χ0n) is 19.0. The van der Waals surface area contributed by atoms with Crippen LogP contribution in [0.5, 0.6) is 5.75 Å². The van der Waals surface area contributed by atoms with Crippen molar-refractivity contribution in [2.75, 3.05) is 11.9 Å². The van der Waals surface area contributed by atoms with Crippen LogP contribution in [0, 0.1) is 0 Å². The van der Waals surface area contributed by atoms with Gasteiger partial charge in [-0.2, -0.15) is 0 Å². The molecule has 0 bridgehead atoms. The number of aryl methyl sites for hydroxylation is 1. The number of amides is 2. The molecular weight excluding hydrogens is 412 g/mol. The van der Waals surface area contributed by atoms with Gasteiger partial charge >= 0.3 is 0 Å². The van der Waals surface area contributed by atoms with E-state index in [1.165, 1.54) is 17.5 Å². The van der Waals surface area contributed by atoms with Crippen LogP contribution in [0.2, 0.25) is 0 Å². The van der Waals surface area contributed by atoms with Crippen molar-refractivity contribution < 1.29 is 14.3 Å². The third-order valence-electron chi connectivity index (χ3n) is 6.00. The summed E-state index contributed by atoms with van der Waals surface area (Å²) in [5, 5.41) is 5.82. The van der Waals surface area contributed by atoms with E-state index >= 15 is 0 Å². The lowest BCUT2D eigenvalue weighted by Gasteiger charge is -2.22. The van der Waals surface area contributed by atoms with Crippen molar-refractivity contribution >= 4 is 17.5 Å². The average Bonchev–Trinajstić information content (AvgIpc) is 2.85. The van der Waals surface area contributed by atoms with Crippen molar-refractivity contribution in [3.63, 3.8) is 0 Å². The molecule has 1 aliphatic rings. The Hall–Kier alpha value is -3.60. The minimum atomic E-state index is -0.687. The van der Waals surface area contributed by atoms with Crippen LogP contribution in [0.1, 0.15) is 46.8 Å². The number of carbonyl (C=O) groups excluding carboxylic acids is 2. The van der Waals surface area contributed by atoms with Crippen LogP contribution in [0.4, 0.5) is 5.69 Å². The molecule has 1 aliphatic carbocycles. The highest BCUT2D eigenvalue weighted by molar-refractivity contribution is 6.04. The van der Waals surface area contributed by atoms with Crippen LogP contribution in [0.3, 0.4) is 0 Å². The van der Waals surface area contributed by atoms with Crippen molar-refractivity contribution in [1.29, 1.82) is 0 Å². The van der Waals surface area contributed by atoms with Crippen molar-refractivity contribution in [3.8, 4) is 5.75 Å². The lowest BCUT2D eigenvalue weighted by molar-refractivity contribution is -0.122. The summed E-state index contributed by atoms with van der Waals surface area (Å²) in [5.41, 5.74) is 4.59. The van der Waals surface area contributed by atoms with E-state index in [0.29, 0.717) is 17.8 Å². The number of carbonyl (C=O) groups is 2. The monoisotopic (exact) mass is 442 g/mol. The van der Waals surface area contributed by atoms with E-state index in [-0.39, 0.29) is 11.8 Å². The summed E-state index contributed by atoms with van der Waals surface area (Å²) in [6.07, 6.45) is 4.42. The molecule has 1 atom stereocenters. The maximum absolute atomic E-state index is 12.9. The highest BCUT2D eigenvalue weighted by Crippen LogP contribution is 2.30. The Kier molecular flexibility index (Phi) is 7.40. The number of benzene rings is 3. The molecule has 0 aliphatic heterocycles. The highest BCUT2D eigenvalue weighted by atomic mass is 16.5. The summed E-state index contributed by atoms with van der Waals surface area (Å²) in [7, 11) is 0. The second-order valence-electron chi connectivity index (χ2n) is 8.39. The Bertz CT molecular complexity index is 1110. The molecule has 5 nitrogen and oxygen atoms in total. The number of anilines is 1. The Morgan fingerprint density at radius 1 is 0.909 bits per heavy atom. The number of hydrogen-bond acceptors (Lipinski definition) is 3. The molecule has 0 saturated carbocycles. The summed E-state index contributed by atoms with van der Waals surface area (Å²) in [4.78, 5) is 25.7. The Labute approximate surface area is 195 Å². The molecule has 2 amide bonds. The smallest absolute Gasteiger partial charge is 0.265 e. The van der Waals surface area contributed by atoms with E-state index in [2.05, 4.69) is 16.7 Å². The molecule has 0 aromatic heterocycles. The maximum atomic E-state index is 12.9. The van der Waals surface area contributed by atoms with Gasteiger partial charge in [0.25, 0.3) is 11.8 Å². The minimum Gasteiger partial charge on any atom is -0.481 e. The first-order valence-electron chi connectivity index (χ1n) is 11.6. The van der Waals surface area contributed by atoms with Gasteiger partial charge in [-0.1, -0.05) is 54.6 Å². The summed E-state index contributed by atoms with van der Waals surface area (Å²) in [6.45, 7) is 2.25. The molecular formula is C28H30N2O3. The van der Waals surface area contributed by atoms with E-state index < -0.39 is 6.10 Å². The SMILES string of the molecule is C[C@@H](Oc1cccc2c1CCCC2)C(=O)Nc1ccccc1C(=O)NCCc1ccccc1. The minimum absolute atomic E-state index is 0.215. The van der Waals surface area contributed by atoms with E-state index in [1.54, 1.807) is 31.2 Å². The van der Waals surface area contributed by atoms with Crippen molar-refractivity contribution in [2.45, 2.75) is 45.1 Å². The summed E-state index contributed by atoms with van der Waals surface area (Å²) >= 11 is 0. The average molecular weight is 443 g/mol. The number of fused-ring (bicyclic) bond motifs is 1. The van der Waals surface area contributed by atoms with Crippen LogP contribution in [-0.4, -0.2) is 24.5 Å². The molecule has 5 heteroatoms. The van der Waals surface area contributed by atoms with E-state index in [0.717, 1.165) is 37.0 Å². The van der Waals surface area contributed by atoms with Gasteiger partial charge in [0.1, 0.15) is 5.75 Å². The number of ether oxygens (including phenoxy) is 1. The van der Waals surface area contributed by atoms with E-state index in [4.69, 9.17) is 4.74 Å². The summed E-state index contributed by atoms with van der Waals surface area (Å²) in [5.74, 6) is 0.280. The highest BCUT2D eigenvalue weighted by Gasteiger charge is 2.21. The number of hydrogen-bond donors (Lipinski definition) is 2. The van der Waals surface area contributed by atoms with Gasteiger partial charge in [-0.25, -0.2) is 0 Å². The van der Waals surface area contributed by atoms with Crippen LogP contribution >= 0.6 is 0 Å². The van der Waals surface area contributed by atoms with Crippen LogP contribution < -0.4 is 15.4 Å². The zero-order valence-corrected chi connectivity index (χ0v) is 19.0. The quantitative estimate of drug-likeness (QED) is 0.519. The normalized spacial score (nSPS) is 13.5. The van der Waals surface area contributed by atoms with E-state index in [1.807, 2.05) is 42.5 Å². The van der Waals surface area contributed by atoms with Gasteiger partial charge < -0.3 is 15.4 Å². The Balaban J connectivity index is 1.37. The van der Waals surface area contributed by atoms with Crippen molar-refractivity contribution in [1.82, 2.24) is 5.32 Å². The second kappa shape index (κ2) is 10.8. The van der Waals surface area contributed by atoms with Gasteiger partial charge in [-0.15, -0.1) is 0 Å². The van der Waals surface area contributed by atoms with Gasteiger partial charge in [-0.3, -0.25) is 9.59 Å². The van der Waals surface area contributed by atoms with Gasteiger partial charge in [0.05, 0.1) is 11.3 Å². The van der Waals surface area contributed by atoms with Crippen molar-refractivity contribution in [3.05, 3.63) is 95.1 Å². The largest absolute Gasteiger partial charge is 0.481 e. The fourth-order valence-electron chi connectivity index (χ4n) is 4.19. The van der Waals surface area contributed by atoms with Crippen molar-refractivity contribution in [2.24, 2.45) is 0 Å². The summed E-state index contributed by atoms with van der Waals surface area (Å²) < 4.78 is 6.05. The number of rotatable bonds is 8. The Morgan fingerprint density at radius 3 is 2.52 bits per heavy atom. The Morgan fingerprint density at radius 2 is 1.67 bits per heavy atom. The lowest BCUT2D eigenvalue weighted by atomic mass is 9.91. The van der Waals surface area contributed by atoms with Gasteiger partial charge in [0.2, 0.25) is 0 Å². The van der Waals surface area contributed by atoms with Gasteiger partial charge in [0, 0.05) is 6.54 Å². The zero-order chi connectivity index (χ0) is 23.0. The molecule has 3 aromatic rings. The molecule has 0 radical (unpaired) electrons. The molecule has 0 heterocycles. The first-order chi connectivity index (χ1) is 16.1. The molecule has 0 fully saturated rings. The number of nitrogens with one attached hydrogen (secondary N) is 2. The second-order valence-corrected chi connectivity index (χ2v) is 8.39. The van der Waals surface area contributed by atoms with Crippen LogP contribution in [-0.2, 0) is 24.1 Å². The molecule has 170 valence electrons. The predicted octanol–water partition coefficient (Wildman–Crippen LogP) is 4.94. The first kappa shape index (κ1) is 22.6. The van der Waals surface area contributed by atoms with Crippen LogP contribution in [0.15, 0.2) is 72.8 Å². The number of para-hydroxylation sites is 1. The lowest BCUT2D eigenvalue weighted by Crippen LogP contribution is -2.32. The fraction of sp³-hybridized carbons (Fsp3) is 0.286. The molecule has 0 saturated heterocycles. The maximum Gasteiger partial charge on any atom is 0.265 e. The summed E-state index contributed by atoms with van der Waals surface area (Å²) in [6, 6.07) is 23.1. The molecule has 4 rings (SSSR count). The third-order valence-corrected chi connectivity index (χ3v) is 6.00. The molecule has 3 aromatic carbocycles. The molecule has 2 N–H and O–H groups in total. The first-order valence-corrected chi connectivity index (χ1v) is 11.6. The third kappa shape index (κ3) is 5.80. The fourth-order valence-corrected chi connectivity index (χ4v) is 4.19. The molecule has 33 heavy (non-hydrogen) atoms. The predicted molar refractivity (Wildman–Crippen MR) is 131 cm³/mol. The van der Waals surface area contributed by atoms with Gasteiger partial charge in [0.15, 0.2) is 6.10 Å². The van der Waals surface area contributed by atoms with Gasteiger partial charge in [-0.05, 0) is 73.9 Å². The molecule has 0 unspecified atom stereocenters.